The number of rotatable bonds is 8. The van der Waals surface area contributed by atoms with Crippen LogP contribution in [-0.4, -0.2) is 37.2 Å². The Morgan fingerprint density at radius 2 is 1.97 bits per heavy atom. The number of carbonyl (C=O) groups excluding carboxylic acids is 1. The Morgan fingerprint density at radius 3 is 2.69 bits per heavy atom. The molecule has 0 saturated carbocycles. The maximum atomic E-state index is 12.2. The summed E-state index contributed by atoms with van der Waals surface area (Å²) in [6.07, 6.45) is 1.69. The van der Waals surface area contributed by atoms with Crippen molar-refractivity contribution in [2.45, 2.75) is 25.0 Å². The standard InChI is InChI=1S/C19H22N8OS/c1-13(15-8-4-3-5-9-15)22-17(28)12-29-19-26-25-18(27(19)20)24-23-14(2)16-10-6-7-11-21-16/h3-11,13H,12,20H2,1-2H3,(H,22,28)(H,24,25)/b23-14+. The quantitative estimate of drug-likeness (QED) is 0.225. The third kappa shape index (κ3) is 5.55. The highest BCUT2D eigenvalue weighted by Crippen LogP contribution is 2.17. The van der Waals surface area contributed by atoms with E-state index in [9.17, 15) is 4.79 Å². The van der Waals surface area contributed by atoms with Gasteiger partial charge in [0.25, 0.3) is 5.95 Å². The molecular weight excluding hydrogens is 388 g/mol. The summed E-state index contributed by atoms with van der Waals surface area (Å²) in [6, 6.07) is 15.2. The molecule has 0 spiro atoms. The van der Waals surface area contributed by atoms with Gasteiger partial charge in [0.2, 0.25) is 11.1 Å². The summed E-state index contributed by atoms with van der Waals surface area (Å²) in [4.78, 5) is 16.4. The molecule has 1 atom stereocenters. The van der Waals surface area contributed by atoms with Crippen molar-refractivity contribution in [1.29, 1.82) is 0 Å². The van der Waals surface area contributed by atoms with Crippen LogP contribution in [0.15, 0.2) is 65.0 Å². The van der Waals surface area contributed by atoms with E-state index < -0.39 is 0 Å². The van der Waals surface area contributed by atoms with Gasteiger partial charge in [-0.05, 0) is 31.5 Å². The molecule has 1 aromatic carbocycles. The number of nitrogens with one attached hydrogen (secondary N) is 2. The number of pyridine rings is 1. The minimum atomic E-state index is -0.118. The topological polar surface area (TPSA) is 123 Å². The van der Waals surface area contributed by atoms with E-state index in [1.807, 2.05) is 62.4 Å². The molecule has 2 aromatic heterocycles. The molecular formula is C19H22N8OS. The van der Waals surface area contributed by atoms with Crippen molar-refractivity contribution < 1.29 is 4.79 Å². The fraction of sp³-hybridized carbons (Fsp3) is 0.211. The number of nitrogens with two attached hydrogens (primary N) is 1. The third-order valence-corrected chi connectivity index (χ3v) is 4.98. The Balaban J connectivity index is 1.53. The number of nitrogen functional groups attached to an aromatic ring is 1. The van der Waals surface area contributed by atoms with Gasteiger partial charge in [0.15, 0.2) is 0 Å². The van der Waals surface area contributed by atoms with E-state index in [0.29, 0.717) is 10.9 Å². The van der Waals surface area contributed by atoms with Crippen LogP contribution in [0.3, 0.4) is 0 Å². The van der Waals surface area contributed by atoms with E-state index >= 15 is 0 Å². The number of aromatic nitrogens is 4. The lowest BCUT2D eigenvalue weighted by molar-refractivity contribution is -0.119. The molecule has 4 N–H and O–H groups in total. The number of anilines is 1. The molecule has 0 aliphatic rings. The molecule has 3 aromatic rings. The van der Waals surface area contributed by atoms with Crippen LogP contribution in [0.25, 0.3) is 0 Å². The molecule has 150 valence electrons. The summed E-state index contributed by atoms with van der Waals surface area (Å²) < 4.78 is 1.26. The summed E-state index contributed by atoms with van der Waals surface area (Å²) in [7, 11) is 0. The van der Waals surface area contributed by atoms with Crippen LogP contribution in [0.5, 0.6) is 0 Å². The normalized spacial score (nSPS) is 12.4. The monoisotopic (exact) mass is 410 g/mol. The van der Waals surface area contributed by atoms with Crippen LogP contribution in [0.1, 0.15) is 31.1 Å². The van der Waals surface area contributed by atoms with Crippen LogP contribution in [0, 0.1) is 0 Å². The summed E-state index contributed by atoms with van der Waals surface area (Å²) in [6.45, 7) is 3.76. The zero-order chi connectivity index (χ0) is 20.6. The molecule has 0 fully saturated rings. The second kappa shape index (κ2) is 9.69. The summed E-state index contributed by atoms with van der Waals surface area (Å²) >= 11 is 1.20. The number of hydrazone groups is 1. The van der Waals surface area contributed by atoms with Gasteiger partial charge >= 0.3 is 0 Å². The lowest BCUT2D eigenvalue weighted by Gasteiger charge is -2.13. The van der Waals surface area contributed by atoms with Crippen LogP contribution in [0.2, 0.25) is 0 Å². The zero-order valence-electron chi connectivity index (χ0n) is 16.1. The molecule has 10 heteroatoms. The number of amides is 1. The number of hydrogen-bond acceptors (Lipinski definition) is 8. The van der Waals surface area contributed by atoms with Crippen molar-refractivity contribution >= 4 is 29.3 Å². The first-order valence-electron chi connectivity index (χ1n) is 8.94. The maximum Gasteiger partial charge on any atom is 0.264 e. The Kier molecular flexibility index (Phi) is 6.80. The lowest BCUT2D eigenvalue weighted by Crippen LogP contribution is -2.28. The van der Waals surface area contributed by atoms with Gasteiger partial charge in [-0.25, -0.2) is 10.1 Å². The Bertz CT molecular complexity index is 974. The predicted molar refractivity (Wildman–Crippen MR) is 114 cm³/mol. The number of benzene rings is 1. The van der Waals surface area contributed by atoms with Crippen LogP contribution >= 0.6 is 11.8 Å². The molecule has 3 rings (SSSR count). The van der Waals surface area contributed by atoms with Crippen molar-refractivity contribution in [2.24, 2.45) is 5.10 Å². The zero-order valence-corrected chi connectivity index (χ0v) is 16.9. The van der Waals surface area contributed by atoms with Crippen LogP contribution in [0.4, 0.5) is 5.95 Å². The first-order chi connectivity index (χ1) is 14.0. The minimum Gasteiger partial charge on any atom is -0.349 e. The van der Waals surface area contributed by atoms with Crippen LogP contribution in [-0.2, 0) is 4.79 Å². The Labute approximate surface area is 172 Å². The second-order valence-corrected chi connectivity index (χ2v) is 7.13. The van der Waals surface area contributed by atoms with E-state index in [4.69, 9.17) is 5.84 Å². The van der Waals surface area contributed by atoms with Gasteiger partial charge in [0, 0.05) is 6.20 Å². The van der Waals surface area contributed by atoms with Gasteiger partial charge in [0.05, 0.1) is 23.2 Å². The highest BCUT2D eigenvalue weighted by molar-refractivity contribution is 7.99. The molecule has 0 bridgehead atoms. The van der Waals surface area contributed by atoms with E-state index in [1.54, 1.807) is 6.20 Å². The van der Waals surface area contributed by atoms with E-state index in [0.717, 1.165) is 11.3 Å². The fourth-order valence-electron chi connectivity index (χ4n) is 2.46. The summed E-state index contributed by atoms with van der Waals surface area (Å²) in [5.41, 5.74) is 5.23. The second-order valence-electron chi connectivity index (χ2n) is 6.19. The summed E-state index contributed by atoms with van der Waals surface area (Å²) in [5, 5.41) is 15.5. The number of nitrogens with zero attached hydrogens (tertiary/aromatic N) is 5. The number of thioether (sulfide) groups is 1. The van der Waals surface area contributed by atoms with E-state index in [-0.39, 0.29) is 23.7 Å². The van der Waals surface area contributed by atoms with Gasteiger partial charge in [-0.2, -0.15) is 5.10 Å². The average Bonchev–Trinajstić information content (AvgIpc) is 3.11. The fourth-order valence-corrected chi connectivity index (χ4v) is 3.13. The third-order valence-electron chi connectivity index (χ3n) is 4.03. The Morgan fingerprint density at radius 1 is 1.21 bits per heavy atom. The van der Waals surface area contributed by atoms with E-state index in [2.05, 4.69) is 31.0 Å². The van der Waals surface area contributed by atoms with Crippen molar-refractivity contribution in [3.05, 3.63) is 66.0 Å². The molecule has 9 nitrogen and oxygen atoms in total. The van der Waals surface area contributed by atoms with E-state index in [1.165, 1.54) is 16.4 Å². The largest absolute Gasteiger partial charge is 0.349 e. The molecule has 0 aliphatic carbocycles. The molecule has 29 heavy (non-hydrogen) atoms. The number of carbonyl (C=O) groups is 1. The van der Waals surface area contributed by atoms with Crippen molar-refractivity contribution in [3.63, 3.8) is 0 Å². The maximum absolute atomic E-state index is 12.2. The predicted octanol–water partition coefficient (Wildman–Crippen LogP) is 2.19. The van der Waals surface area contributed by atoms with Crippen LogP contribution < -0.4 is 16.6 Å². The van der Waals surface area contributed by atoms with Gasteiger partial charge in [-0.3, -0.25) is 9.78 Å². The SMILES string of the molecule is C/C(=N\Nc1nnc(SCC(=O)NC(C)c2ccccc2)n1N)c1ccccn1. The van der Waals surface area contributed by atoms with Gasteiger partial charge in [0.1, 0.15) is 0 Å². The molecule has 1 unspecified atom stereocenters. The van der Waals surface area contributed by atoms with Gasteiger partial charge in [-0.1, -0.05) is 48.2 Å². The Hall–Kier alpha value is -3.40. The minimum absolute atomic E-state index is 0.0822. The highest BCUT2D eigenvalue weighted by atomic mass is 32.2. The van der Waals surface area contributed by atoms with Gasteiger partial charge < -0.3 is 11.2 Å². The molecule has 2 heterocycles. The summed E-state index contributed by atoms with van der Waals surface area (Å²) in [5.74, 6) is 6.31. The molecule has 1 amide bonds. The first-order valence-corrected chi connectivity index (χ1v) is 9.92. The molecule has 0 saturated heterocycles. The van der Waals surface area contributed by atoms with Crippen molar-refractivity contribution in [3.8, 4) is 0 Å². The highest BCUT2D eigenvalue weighted by Gasteiger charge is 2.14. The van der Waals surface area contributed by atoms with Crippen molar-refractivity contribution in [2.75, 3.05) is 17.0 Å². The van der Waals surface area contributed by atoms with Crippen molar-refractivity contribution in [1.82, 2.24) is 25.2 Å². The lowest BCUT2D eigenvalue weighted by atomic mass is 10.1. The smallest absolute Gasteiger partial charge is 0.264 e. The van der Waals surface area contributed by atoms with Gasteiger partial charge in [-0.15, -0.1) is 10.2 Å². The first kappa shape index (κ1) is 20.3. The number of hydrogen-bond donors (Lipinski definition) is 3. The molecule has 0 radical (unpaired) electrons. The average molecular weight is 411 g/mol. The molecule has 0 aliphatic heterocycles.